The first kappa shape index (κ1) is 11.8. The van der Waals surface area contributed by atoms with Crippen LogP contribution >= 0.6 is 11.8 Å². The van der Waals surface area contributed by atoms with Crippen molar-refractivity contribution in [3.8, 4) is 0 Å². The van der Waals surface area contributed by atoms with E-state index in [2.05, 4.69) is 12.1 Å². The van der Waals surface area contributed by atoms with Gasteiger partial charge in [-0.2, -0.15) is 0 Å². The average molecular weight is 246 g/mol. The van der Waals surface area contributed by atoms with Gasteiger partial charge >= 0.3 is 0 Å². The second-order valence-corrected chi connectivity index (χ2v) is 4.78. The summed E-state index contributed by atoms with van der Waals surface area (Å²) in [5.74, 6) is 0.441. The van der Waals surface area contributed by atoms with Crippen LogP contribution in [0.4, 0.5) is 0 Å². The summed E-state index contributed by atoms with van der Waals surface area (Å²) < 4.78 is 1.85. The summed E-state index contributed by atoms with van der Waals surface area (Å²) in [6.07, 6.45) is 0. The Hall–Kier alpha value is -1.68. The zero-order valence-electron chi connectivity index (χ0n) is 9.59. The predicted molar refractivity (Wildman–Crippen MR) is 69.9 cm³/mol. The predicted octanol–water partition coefficient (Wildman–Crippen LogP) is 2.42. The van der Waals surface area contributed by atoms with E-state index in [0.29, 0.717) is 5.69 Å². The fraction of sp³-hybridized carbons (Fsp3) is 0.154. The molecular weight excluding hydrogens is 232 g/mol. The van der Waals surface area contributed by atoms with E-state index in [4.69, 9.17) is 5.73 Å². The van der Waals surface area contributed by atoms with Gasteiger partial charge in [-0.25, -0.2) is 0 Å². The molecule has 0 aliphatic heterocycles. The molecule has 4 heteroatoms. The lowest BCUT2D eigenvalue weighted by Gasteiger charge is -2.05. The van der Waals surface area contributed by atoms with Gasteiger partial charge in [0.05, 0.1) is 0 Å². The Kier molecular flexibility index (Phi) is 3.54. The summed E-state index contributed by atoms with van der Waals surface area (Å²) in [7, 11) is 1.86. The van der Waals surface area contributed by atoms with E-state index in [0.717, 1.165) is 11.4 Å². The van der Waals surface area contributed by atoms with Crippen molar-refractivity contribution >= 4 is 17.7 Å². The number of benzene rings is 1. The van der Waals surface area contributed by atoms with Crippen molar-refractivity contribution in [3.63, 3.8) is 0 Å². The number of carbonyl (C=O) groups excluding carboxylic acids is 1. The van der Waals surface area contributed by atoms with E-state index >= 15 is 0 Å². The second kappa shape index (κ2) is 5.10. The van der Waals surface area contributed by atoms with Crippen LogP contribution in [0.2, 0.25) is 0 Å². The molecule has 88 valence electrons. The van der Waals surface area contributed by atoms with E-state index in [9.17, 15) is 4.79 Å². The number of nitrogens with two attached hydrogens (primary N) is 1. The van der Waals surface area contributed by atoms with Crippen LogP contribution in [-0.4, -0.2) is 10.5 Å². The number of carbonyl (C=O) groups is 1. The van der Waals surface area contributed by atoms with Gasteiger partial charge < -0.3 is 10.3 Å². The maximum atomic E-state index is 11.1. The van der Waals surface area contributed by atoms with Crippen LogP contribution in [0, 0.1) is 0 Å². The van der Waals surface area contributed by atoms with Gasteiger partial charge in [-0.3, -0.25) is 4.79 Å². The van der Waals surface area contributed by atoms with E-state index < -0.39 is 0 Å². The molecule has 3 nitrogen and oxygen atoms in total. The minimum absolute atomic E-state index is 0.386. The van der Waals surface area contributed by atoms with Crippen LogP contribution in [0.1, 0.15) is 16.2 Å². The minimum atomic E-state index is -0.386. The Morgan fingerprint density at radius 3 is 2.53 bits per heavy atom. The standard InChI is InChI=1S/C13H14N2OS/c1-15-10(7-8-12(15)13(14)16)9-17-11-5-3-2-4-6-11/h2-8H,9H2,1H3,(H2,14,16). The molecule has 0 spiro atoms. The molecule has 0 saturated heterocycles. The summed E-state index contributed by atoms with van der Waals surface area (Å²) in [5.41, 5.74) is 6.91. The summed E-state index contributed by atoms with van der Waals surface area (Å²) in [6.45, 7) is 0. The number of nitrogens with zero attached hydrogens (tertiary/aromatic N) is 1. The van der Waals surface area contributed by atoms with Crippen molar-refractivity contribution in [2.75, 3.05) is 0 Å². The molecule has 17 heavy (non-hydrogen) atoms. The van der Waals surface area contributed by atoms with Gasteiger partial charge in [0.25, 0.3) is 5.91 Å². The van der Waals surface area contributed by atoms with Gasteiger partial charge in [-0.05, 0) is 24.3 Å². The lowest BCUT2D eigenvalue weighted by molar-refractivity contribution is 0.0992. The molecule has 1 aromatic heterocycles. The Morgan fingerprint density at radius 1 is 1.24 bits per heavy atom. The number of thioether (sulfide) groups is 1. The molecule has 0 saturated carbocycles. The maximum Gasteiger partial charge on any atom is 0.265 e. The summed E-state index contributed by atoms with van der Waals surface area (Å²) in [4.78, 5) is 12.3. The van der Waals surface area contributed by atoms with Crippen molar-refractivity contribution in [2.24, 2.45) is 12.8 Å². The number of primary amides is 1. The van der Waals surface area contributed by atoms with Crippen molar-refractivity contribution < 1.29 is 4.79 Å². The molecule has 2 N–H and O–H groups in total. The SMILES string of the molecule is Cn1c(CSc2ccccc2)ccc1C(N)=O. The van der Waals surface area contributed by atoms with Crippen LogP contribution in [0.3, 0.4) is 0 Å². The highest BCUT2D eigenvalue weighted by Gasteiger charge is 2.08. The zero-order chi connectivity index (χ0) is 12.3. The quantitative estimate of drug-likeness (QED) is 0.842. The first-order valence-corrected chi connectivity index (χ1v) is 6.29. The zero-order valence-corrected chi connectivity index (χ0v) is 10.4. The fourth-order valence-corrected chi connectivity index (χ4v) is 2.57. The fourth-order valence-electron chi connectivity index (χ4n) is 1.62. The summed E-state index contributed by atoms with van der Waals surface area (Å²) >= 11 is 1.74. The van der Waals surface area contributed by atoms with Gasteiger partial charge in [0.1, 0.15) is 5.69 Å². The van der Waals surface area contributed by atoms with Crippen LogP contribution < -0.4 is 5.73 Å². The molecule has 0 radical (unpaired) electrons. The van der Waals surface area contributed by atoms with Crippen LogP contribution in [-0.2, 0) is 12.8 Å². The lowest BCUT2D eigenvalue weighted by Crippen LogP contribution is -2.15. The number of hydrogen-bond donors (Lipinski definition) is 1. The monoisotopic (exact) mass is 246 g/mol. The average Bonchev–Trinajstić information content (AvgIpc) is 2.69. The molecule has 2 rings (SSSR count). The smallest absolute Gasteiger partial charge is 0.265 e. The largest absolute Gasteiger partial charge is 0.364 e. The lowest BCUT2D eigenvalue weighted by atomic mass is 10.4. The molecule has 1 heterocycles. The van der Waals surface area contributed by atoms with Crippen molar-refractivity contribution in [1.29, 1.82) is 0 Å². The van der Waals surface area contributed by atoms with E-state index in [1.165, 1.54) is 4.90 Å². The van der Waals surface area contributed by atoms with E-state index in [1.54, 1.807) is 17.8 Å². The molecular formula is C13H14N2OS. The molecule has 1 aromatic carbocycles. The number of amides is 1. The third-order valence-electron chi connectivity index (χ3n) is 2.61. The van der Waals surface area contributed by atoms with E-state index in [-0.39, 0.29) is 5.91 Å². The van der Waals surface area contributed by atoms with Crippen LogP contribution in [0.25, 0.3) is 0 Å². The van der Waals surface area contributed by atoms with Crippen molar-refractivity contribution in [1.82, 2.24) is 4.57 Å². The maximum absolute atomic E-state index is 11.1. The number of rotatable bonds is 4. The Labute approximate surface area is 105 Å². The minimum Gasteiger partial charge on any atom is -0.364 e. The highest BCUT2D eigenvalue weighted by molar-refractivity contribution is 7.98. The normalized spacial score (nSPS) is 10.4. The third kappa shape index (κ3) is 2.71. The molecule has 0 aliphatic carbocycles. The van der Waals surface area contributed by atoms with Gasteiger partial charge in [-0.1, -0.05) is 18.2 Å². The van der Waals surface area contributed by atoms with Crippen LogP contribution in [0.5, 0.6) is 0 Å². The summed E-state index contributed by atoms with van der Waals surface area (Å²) in [5, 5.41) is 0. The molecule has 0 unspecified atom stereocenters. The molecule has 1 amide bonds. The summed E-state index contributed by atoms with van der Waals surface area (Å²) in [6, 6.07) is 13.9. The Bertz CT molecular complexity index is 519. The van der Waals surface area contributed by atoms with Gasteiger partial charge in [0.2, 0.25) is 0 Å². The highest BCUT2D eigenvalue weighted by Crippen LogP contribution is 2.22. The first-order valence-electron chi connectivity index (χ1n) is 5.30. The number of aromatic nitrogens is 1. The Balaban J connectivity index is 2.07. The van der Waals surface area contributed by atoms with Crippen molar-refractivity contribution in [2.45, 2.75) is 10.6 Å². The number of hydrogen-bond acceptors (Lipinski definition) is 2. The topological polar surface area (TPSA) is 48.0 Å². The highest BCUT2D eigenvalue weighted by atomic mass is 32.2. The molecule has 2 aromatic rings. The van der Waals surface area contributed by atoms with Gasteiger partial charge in [0, 0.05) is 23.4 Å². The Morgan fingerprint density at radius 2 is 1.94 bits per heavy atom. The molecule has 0 fully saturated rings. The van der Waals surface area contributed by atoms with Gasteiger partial charge in [-0.15, -0.1) is 11.8 Å². The van der Waals surface area contributed by atoms with Crippen molar-refractivity contribution in [3.05, 3.63) is 53.9 Å². The van der Waals surface area contributed by atoms with Gasteiger partial charge in [0.15, 0.2) is 0 Å². The molecule has 0 aliphatic rings. The first-order chi connectivity index (χ1) is 8.18. The molecule has 0 bridgehead atoms. The van der Waals surface area contributed by atoms with Crippen LogP contribution in [0.15, 0.2) is 47.4 Å². The third-order valence-corrected chi connectivity index (χ3v) is 3.65. The second-order valence-electron chi connectivity index (χ2n) is 3.73. The van der Waals surface area contributed by atoms with E-state index in [1.807, 2.05) is 35.9 Å². The molecule has 0 atom stereocenters.